The molecule has 26 heavy (non-hydrogen) atoms. The van der Waals surface area contributed by atoms with E-state index in [0.29, 0.717) is 35.4 Å². The second kappa shape index (κ2) is 6.09. The molecule has 2 aliphatic heterocycles. The first-order valence-corrected chi connectivity index (χ1v) is 8.16. The van der Waals surface area contributed by atoms with Crippen LogP contribution in [-0.4, -0.2) is 40.2 Å². The smallest absolute Gasteiger partial charge is 0.207 e. The van der Waals surface area contributed by atoms with Crippen LogP contribution in [0.1, 0.15) is 23.1 Å². The van der Waals surface area contributed by atoms with Gasteiger partial charge in [-0.25, -0.2) is 0 Å². The van der Waals surface area contributed by atoms with Gasteiger partial charge in [-0.15, -0.1) is 0 Å². The Hall–Kier alpha value is -2.96. The van der Waals surface area contributed by atoms with Crippen LogP contribution in [0.25, 0.3) is 0 Å². The van der Waals surface area contributed by atoms with Crippen LogP contribution in [0, 0.1) is 0 Å². The molecule has 0 fully saturated rings. The molecule has 0 aliphatic carbocycles. The SMILES string of the molecule is COc1ccc2c(c1OC)OCC1c3cc(O)c(OC)c(OC)c3OC21. The second-order valence-corrected chi connectivity index (χ2v) is 6.06. The molecule has 0 saturated carbocycles. The van der Waals surface area contributed by atoms with Crippen molar-refractivity contribution in [2.45, 2.75) is 12.0 Å². The number of phenolic OH excluding ortho intramolecular Hbond substituents is 1. The minimum atomic E-state index is -0.283. The van der Waals surface area contributed by atoms with Crippen LogP contribution in [0.4, 0.5) is 0 Å². The predicted molar refractivity (Wildman–Crippen MR) is 92.4 cm³/mol. The highest BCUT2D eigenvalue weighted by molar-refractivity contribution is 5.67. The van der Waals surface area contributed by atoms with E-state index in [-0.39, 0.29) is 23.5 Å². The van der Waals surface area contributed by atoms with Crippen LogP contribution < -0.4 is 28.4 Å². The van der Waals surface area contributed by atoms with Crippen molar-refractivity contribution >= 4 is 0 Å². The van der Waals surface area contributed by atoms with Crippen molar-refractivity contribution in [3.63, 3.8) is 0 Å². The molecular formula is C19H20O7. The minimum absolute atomic E-state index is 0.00505. The molecule has 4 rings (SSSR count). The third-order valence-electron chi connectivity index (χ3n) is 4.86. The molecule has 7 heteroatoms. The van der Waals surface area contributed by atoms with Gasteiger partial charge in [-0.3, -0.25) is 0 Å². The number of aromatic hydroxyl groups is 1. The summed E-state index contributed by atoms with van der Waals surface area (Å²) >= 11 is 0. The average molecular weight is 360 g/mol. The number of rotatable bonds is 4. The van der Waals surface area contributed by atoms with E-state index < -0.39 is 0 Å². The predicted octanol–water partition coefficient (Wildman–Crippen LogP) is 3.04. The Morgan fingerprint density at radius 3 is 2.27 bits per heavy atom. The van der Waals surface area contributed by atoms with E-state index in [1.54, 1.807) is 20.3 Å². The summed E-state index contributed by atoms with van der Waals surface area (Å²) in [5.74, 6) is 2.84. The van der Waals surface area contributed by atoms with E-state index in [1.807, 2.05) is 12.1 Å². The molecule has 2 aliphatic rings. The Labute approximate surface area is 151 Å². The molecule has 0 radical (unpaired) electrons. The van der Waals surface area contributed by atoms with E-state index >= 15 is 0 Å². The van der Waals surface area contributed by atoms with Gasteiger partial charge in [0.15, 0.2) is 23.0 Å². The summed E-state index contributed by atoms with van der Waals surface area (Å²) in [7, 11) is 6.14. The van der Waals surface area contributed by atoms with Gasteiger partial charge in [-0.05, 0) is 18.2 Å². The van der Waals surface area contributed by atoms with Crippen LogP contribution in [0.5, 0.6) is 40.2 Å². The van der Waals surface area contributed by atoms with Crippen molar-refractivity contribution in [3.05, 3.63) is 29.3 Å². The zero-order valence-corrected chi connectivity index (χ0v) is 15.0. The van der Waals surface area contributed by atoms with Gasteiger partial charge in [0, 0.05) is 11.1 Å². The average Bonchev–Trinajstić information content (AvgIpc) is 3.04. The number of hydrogen-bond donors (Lipinski definition) is 1. The van der Waals surface area contributed by atoms with Gasteiger partial charge in [0.05, 0.1) is 41.0 Å². The standard InChI is InChI=1S/C19H20O7/c1-21-13-6-5-9-14-11(8-25-15(9)18(13)23-3)10-7-12(20)17(22-2)19(24-4)16(10)26-14/h5-7,11,14,20H,8H2,1-4H3. The third kappa shape index (κ3) is 2.13. The van der Waals surface area contributed by atoms with Gasteiger partial charge in [0.2, 0.25) is 17.2 Å². The fourth-order valence-corrected chi connectivity index (χ4v) is 3.70. The fourth-order valence-electron chi connectivity index (χ4n) is 3.70. The molecule has 0 bridgehead atoms. The second-order valence-electron chi connectivity index (χ2n) is 6.06. The van der Waals surface area contributed by atoms with E-state index in [2.05, 4.69) is 0 Å². The lowest BCUT2D eigenvalue weighted by Crippen LogP contribution is -2.23. The molecule has 2 atom stereocenters. The zero-order chi connectivity index (χ0) is 18.4. The Morgan fingerprint density at radius 2 is 1.62 bits per heavy atom. The molecule has 0 saturated heterocycles. The molecule has 2 aromatic carbocycles. The fraction of sp³-hybridized carbons (Fsp3) is 0.368. The highest BCUT2D eigenvalue weighted by Gasteiger charge is 2.45. The number of benzene rings is 2. The minimum Gasteiger partial charge on any atom is -0.504 e. The van der Waals surface area contributed by atoms with E-state index in [0.717, 1.165) is 11.1 Å². The summed E-state index contributed by atoms with van der Waals surface area (Å²) in [6, 6.07) is 5.38. The quantitative estimate of drug-likeness (QED) is 0.898. The van der Waals surface area contributed by atoms with Gasteiger partial charge >= 0.3 is 0 Å². The molecule has 0 aromatic heterocycles. The number of hydrogen-bond acceptors (Lipinski definition) is 7. The molecule has 2 heterocycles. The maximum atomic E-state index is 10.3. The van der Waals surface area contributed by atoms with Crippen LogP contribution in [0.3, 0.4) is 0 Å². The number of methoxy groups -OCH3 is 4. The third-order valence-corrected chi connectivity index (χ3v) is 4.86. The van der Waals surface area contributed by atoms with Gasteiger partial charge in [0.25, 0.3) is 0 Å². The Bertz CT molecular complexity index is 862. The first-order chi connectivity index (χ1) is 12.6. The lowest BCUT2D eigenvalue weighted by Gasteiger charge is -2.29. The topological polar surface area (TPSA) is 75.6 Å². The van der Waals surface area contributed by atoms with Crippen molar-refractivity contribution in [1.82, 2.24) is 0 Å². The molecule has 0 spiro atoms. The Kier molecular flexibility index (Phi) is 3.86. The molecule has 138 valence electrons. The Balaban J connectivity index is 1.84. The number of ether oxygens (including phenoxy) is 6. The van der Waals surface area contributed by atoms with Crippen molar-refractivity contribution in [2.24, 2.45) is 0 Å². The maximum absolute atomic E-state index is 10.3. The highest BCUT2D eigenvalue weighted by atomic mass is 16.6. The number of fused-ring (bicyclic) bond motifs is 5. The molecule has 7 nitrogen and oxygen atoms in total. The zero-order valence-electron chi connectivity index (χ0n) is 15.0. The summed E-state index contributed by atoms with van der Waals surface area (Å²) in [6.45, 7) is 0.378. The Morgan fingerprint density at radius 1 is 0.885 bits per heavy atom. The summed E-state index contributed by atoms with van der Waals surface area (Å²) in [5, 5.41) is 10.3. The first-order valence-electron chi connectivity index (χ1n) is 8.16. The van der Waals surface area contributed by atoms with Gasteiger partial charge < -0.3 is 33.5 Å². The van der Waals surface area contributed by atoms with Crippen molar-refractivity contribution in [2.75, 3.05) is 35.0 Å². The molecular weight excluding hydrogens is 340 g/mol. The molecule has 2 unspecified atom stereocenters. The maximum Gasteiger partial charge on any atom is 0.207 e. The summed E-state index contributed by atoms with van der Waals surface area (Å²) in [5.41, 5.74) is 1.68. The first kappa shape index (κ1) is 16.5. The lowest BCUT2D eigenvalue weighted by atomic mass is 9.89. The van der Waals surface area contributed by atoms with E-state index in [1.165, 1.54) is 14.2 Å². The van der Waals surface area contributed by atoms with E-state index in [9.17, 15) is 5.11 Å². The number of phenols is 1. The normalized spacial score (nSPS) is 19.4. The van der Waals surface area contributed by atoms with E-state index in [4.69, 9.17) is 28.4 Å². The summed E-state index contributed by atoms with van der Waals surface area (Å²) in [6.07, 6.45) is -0.283. The highest BCUT2D eigenvalue weighted by Crippen LogP contribution is 2.60. The van der Waals surface area contributed by atoms with Crippen LogP contribution in [0.15, 0.2) is 18.2 Å². The monoisotopic (exact) mass is 360 g/mol. The van der Waals surface area contributed by atoms with Gasteiger partial charge in [-0.1, -0.05) is 0 Å². The van der Waals surface area contributed by atoms with Crippen molar-refractivity contribution in [3.8, 4) is 40.2 Å². The molecule has 2 aromatic rings. The summed E-state index contributed by atoms with van der Waals surface area (Å²) < 4.78 is 33.7. The molecule has 1 N–H and O–H groups in total. The van der Waals surface area contributed by atoms with Crippen molar-refractivity contribution in [1.29, 1.82) is 0 Å². The van der Waals surface area contributed by atoms with Crippen LogP contribution >= 0.6 is 0 Å². The largest absolute Gasteiger partial charge is 0.504 e. The van der Waals surface area contributed by atoms with Gasteiger partial charge in [-0.2, -0.15) is 0 Å². The van der Waals surface area contributed by atoms with Crippen LogP contribution in [0.2, 0.25) is 0 Å². The van der Waals surface area contributed by atoms with Crippen LogP contribution in [-0.2, 0) is 0 Å². The lowest BCUT2D eigenvalue weighted by molar-refractivity contribution is 0.132. The van der Waals surface area contributed by atoms with Crippen molar-refractivity contribution < 1.29 is 33.5 Å². The van der Waals surface area contributed by atoms with Gasteiger partial charge in [0.1, 0.15) is 6.10 Å². The molecule has 0 amide bonds. The summed E-state index contributed by atoms with van der Waals surface area (Å²) in [4.78, 5) is 0.